The summed E-state index contributed by atoms with van der Waals surface area (Å²) in [4.78, 5) is 8.98. The van der Waals surface area contributed by atoms with Gasteiger partial charge in [-0.2, -0.15) is 9.61 Å². The molecule has 160 valence electrons. The van der Waals surface area contributed by atoms with Crippen LogP contribution >= 0.6 is 0 Å². The van der Waals surface area contributed by atoms with E-state index in [9.17, 15) is 0 Å². The van der Waals surface area contributed by atoms with E-state index in [-0.39, 0.29) is 0 Å². The van der Waals surface area contributed by atoms with Crippen molar-refractivity contribution in [2.75, 3.05) is 19.0 Å². The Morgan fingerprint density at radius 1 is 0.938 bits per heavy atom. The molecule has 0 fully saturated rings. The minimum absolute atomic E-state index is 0.793. The number of hydrogen-bond acceptors (Lipinski definition) is 5. The molecule has 2 aromatic carbocycles. The van der Waals surface area contributed by atoms with Gasteiger partial charge in [-0.05, 0) is 18.6 Å². The van der Waals surface area contributed by atoms with Crippen molar-refractivity contribution in [3.8, 4) is 28.3 Å². The SMILES string of the molecule is COc1cccc(-c2cc3nc(-c4ccccc4)cc(NCCCn4ccnc4)n3n2)c1. The van der Waals surface area contributed by atoms with E-state index >= 15 is 0 Å². The topological polar surface area (TPSA) is 69.3 Å². The molecule has 0 atom stereocenters. The van der Waals surface area contributed by atoms with Crippen LogP contribution in [-0.2, 0) is 6.54 Å². The number of imidazole rings is 1. The number of benzene rings is 2. The van der Waals surface area contributed by atoms with E-state index in [1.807, 2.05) is 65.6 Å². The van der Waals surface area contributed by atoms with Crippen LogP contribution in [0.3, 0.4) is 0 Å². The lowest BCUT2D eigenvalue weighted by Gasteiger charge is -2.11. The number of methoxy groups -OCH3 is 1. The van der Waals surface area contributed by atoms with E-state index in [1.54, 1.807) is 13.3 Å². The fourth-order valence-corrected chi connectivity index (χ4v) is 3.68. The number of aromatic nitrogens is 5. The van der Waals surface area contributed by atoms with Gasteiger partial charge in [0.15, 0.2) is 5.65 Å². The average molecular weight is 425 g/mol. The van der Waals surface area contributed by atoms with Crippen molar-refractivity contribution in [3.63, 3.8) is 0 Å². The summed E-state index contributed by atoms with van der Waals surface area (Å²) in [6.45, 7) is 1.71. The summed E-state index contributed by atoms with van der Waals surface area (Å²) >= 11 is 0. The van der Waals surface area contributed by atoms with Gasteiger partial charge in [-0.25, -0.2) is 9.97 Å². The smallest absolute Gasteiger partial charge is 0.158 e. The highest BCUT2D eigenvalue weighted by molar-refractivity contribution is 5.71. The zero-order valence-electron chi connectivity index (χ0n) is 17.8. The number of nitrogens with zero attached hydrogens (tertiary/aromatic N) is 5. The quantitative estimate of drug-likeness (QED) is 0.363. The van der Waals surface area contributed by atoms with Crippen LogP contribution in [0.2, 0.25) is 0 Å². The van der Waals surface area contributed by atoms with Crippen LogP contribution in [0.25, 0.3) is 28.2 Å². The Bertz CT molecular complexity index is 1310. The lowest BCUT2D eigenvalue weighted by molar-refractivity contribution is 0.415. The molecule has 7 nitrogen and oxygen atoms in total. The molecule has 0 amide bonds. The number of hydrogen-bond donors (Lipinski definition) is 1. The minimum Gasteiger partial charge on any atom is -0.497 e. The molecule has 0 unspecified atom stereocenters. The highest BCUT2D eigenvalue weighted by atomic mass is 16.5. The first-order chi connectivity index (χ1) is 15.8. The standard InChI is InChI=1S/C25H24N6O/c1-32-21-10-5-9-20(15-21)23-17-25-28-22(19-7-3-2-4-8-19)16-24(31(25)29-23)27-11-6-13-30-14-12-26-18-30/h2-5,7-10,12,14-18,27H,6,11,13H2,1H3. The molecule has 5 aromatic rings. The molecule has 0 saturated heterocycles. The normalized spacial score (nSPS) is 11.0. The Hall–Kier alpha value is -4.13. The first-order valence-electron chi connectivity index (χ1n) is 10.6. The maximum atomic E-state index is 5.38. The van der Waals surface area contributed by atoms with Crippen molar-refractivity contribution in [1.29, 1.82) is 0 Å². The number of aryl methyl sites for hydroxylation is 1. The molecule has 0 radical (unpaired) electrons. The van der Waals surface area contributed by atoms with Gasteiger partial charge in [0.25, 0.3) is 0 Å². The summed E-state index contributed by atoms with van der Waals surface area (Å²) in [5, 5.41) is 8.39. The highest BCUT2D eigenvalue weighted by Gasteiger charge is 2.12. The van der Waals surface area contributed by atoms with Gasteiger partial charge in [0.2, 0.25) is 0 Å². The third-order valence-electron chi connectivity index (χ3n) is 5.32. The van der Waals surface area contributed by atoms with Crippen LogP contribution < -0.4 is 10.1 Å². The Labute approximate surface area is 186 Å². The Balaban J connectivity index is 1.49. The molecule has 0 aliphatic heterocycles. The molecule has 1 N–H and O–H groups in total. The molecule has 3 heterocycles. The zero-order chi connectivity index (χ0) is 21.8. The molecule has 0 aliphatic rings. The minimum atomic E-state index is 0.793. The number of nitrogens with one attached hydrogen (secondary N) is 1. The Kier molecular flexibility index (Phi) is 5.53. The van der Waals surface area contributed by atoms with Crippen molar-refractivity contribution >= 4 is 11.5 Å². The van der Waals surface area contributed by atoms with Crippen LogP contribution in [0.1, 0.15) is 6.42 Å². The number of rotatable bonds is 8. The maximum absolute atomic E-state index is 5.38. The summed E-state index contributed by atoms with van der Waals surface area (Å²) in [6, 6.07) is 22.2. The molecule has 0 bridgehead atoms. The summed E-state index contributed by atoms with van der Waals surface area (Å²) in [5.41, 5.74) is 4.61. The first-order valence-corrected chi connectivity index (χ1v) is 10.6. The van der Waals surface area contributed by atoms with E-state index in [2.05, 4.69) is 33.1 Å². The second-order valence-corrected chi connectivity index (χ2v) is 7.51. The molecule has 7 heteroatoms. The average Bonchev–Trinajstić information content (AvgIpc) is 3.52. The van der Waals surface area contributed by atoms with Crippen LogP contribution in [0, 0.1) is 0 Å². The van der Waals surface area contributed by atoms with Gasteiger partial charge in [-0.15, -0.1) is 0 Å². The number of anilines is 1. The molecule has 5 rings (SSSR count). The monoisotopic (exact) mass is 424 g/mol. The van der Waals surface area contributed by atoms with Crippen LogP contribution in [0.15, 0.2) is 85.5 Å². The van der Waals surface area contributed by atoms with Gasteiger partial charge in [-0.1, -0.05) is 42.5 Å². The summed E-state index contributed by atoms with van der Waals surface area (Å²) in [5.74, 6) is 1.71. The van der Waals surface area contributed by atoms with Crippen LogP contribution in [-0.4, -0.2) is 37.8 Å². The maximum Gasteiger partial charge on any atom is 0.158 e. The van der Waals surface area contributed by atoms with E-state index in [0.717, 1.165) is 59.2 Å². The fraction of sp³-hybridized carbons (Fsp3) is 0.160. The van der Waals surface area contributed by atoms with Crippen LogP contribution in [0.5, 0.6) is 5.75 Å². The van der Waals surface area contributed by atoms with Crippen molar-refractivity contribution in [2.24, 2.45) is 0 Å². The van der Waals surface area contributed by atoms with Crippen molar-refractivity contribution in [1.82, 2.24) is 24.1 Å². The lowest BCUT2D eigenvalue weighted by atomic mass is 10.1. The third-order valence-corrected chi connectivity index (χ3v) is 5.32. The van der Waals surface area contributed by atoms with Gasteiger partial charge in [-0.3, -0.25) is 0 Å². The van der Waals surface area contributed by atoms with E-state index in [4.69, 9.17) is 14.8 Å². The summed E-state index contributed by atoms with van der Waals surface area (Å²) in [6.07, 6.45) is 6.58. The van der Waals surface area contributed by atoms with Crippen molar-refractivity contribution in [3.05, 3.63) is 85.5 Å². The second kappa shape index (κ2) is 8.93. The van der Waals surface area contributed by atoms with Crippen molar-refractivity contribution < 1.29 is 4.74 Å². The fourth-order valence-electron chi connectivity index (χ4n) is 3.68. The first kappa shape index (κ1) is 19.8. The predicted molar refractivity (Wildman–Crippen MR) is 126 cm³/mol. The summed E-state index contributed by atoms with van der Waals surface area (Å²) in [7, 11) is 1.67. The largest absolute Gasteiger partial charge is 0.497 e. The van der Waals surface area contributed by atoms with Crippen LogP contribution in [0.4, 0.5) is 5.82 Å². The molecule has 32 heavy (non-hydrogen) atoms. The molecule has 0 aliphatic carbocycles. The molecular formula is C25H24N6O. The molecule has 0 spiro atoms. The van der Waals surface area contributed by atoms with E-state index in [1.165, 1.54) is 0 Å². The molecule has 3 aromatic heterocycles. The summed E-state index contributed by atoms with van der Waals surface area (Å²) < 4.78 is 9.33. The van der Waals surface area contributed by atoms with E-state index < -0.39 is 0 Å². The second-order valence-electron chi connectivity index (χ2n) is 7.51. The number of fused-ring (bicyclic) bond motifs is 1. The van der Waals surface area contributed by atoms with Gasteiger partial charge >= 0.3 is 0 Å². The highest BCUT2D eigenvalue weighted by Crippen LogP contribution is 2.27. The Morgan fingerprint density at radius 3 is 2.62 bits per heavy atom. The number of ether oxygens (including phenoxy) is 1. The van der Waals surface area contributed by atoms with Gasteiger partial charge in [0, 0.05) is 48.7 Å². The zero-order valence-corrected chi connectivity index (χ0v) is 17.8. The molecular weight excluding hydrogens is 400 g/mol. The van der Waals surface area contributed by atoms with Gasteiger partial charge in [0.05, 0.1) is 24.8 Å². The van der Waals surface area contributed by atoms with Crippen molar-refractivity contribution in [2.45, 2.75) is 13.0 Å². The predicted octanol–water partition coefficient (Wildman–Crippen LogP) is 4.77. The Morgan fingerprint density at radius 2 is 1.81 bits per heavy atom. The molecule has 0 saturated carbocycles. The van der Waals surface area contributed by atoms with Gasteiger partial charge < -0.3 is 14.6 Å². The van der Waals surface area contributed by atoms with Gasteiger partial charge in [0.1, 0.15) is 11.6 Å². The third kappa shape index (κ3) is 4.18. The van der Waals surface area contributed by atoms with E-state index in [0.29, 0.717) is 0 Å². The lowest BCUT2D eigenvalue weighted by Crippen LogP contribution is -2.10.